The van der Waals surface area contributed by atoms with E-state index < -0.39 is 5.97 Å². The zero-order chi connectivity index (χ0) is 10.4. The van der Waals surface area contributed by atoms with Gasteiger partial charge in [0.2, 0.25) is 0 Å². The Morgan fingerprint density at radius 3 is 2.33 bits per heavy atom. The third-order valence-electron chi connectivity index (χ3n) is 1.71. The topological polar surface area (TPSA) is 43.4 Å². The Morgan fingerprint density at radius 2 is 1.80 bits per heavy atom. The predicted octanol–water partition coefficient (Wildman–Crippen LogP) is 1.17. The molecule has 0 aromatic heterocycles. The van der Waals surface area contributed by atoms with E-state index in [0.29, 0.717) is 12.2 Å². The molecule has 1 aromatic carbocycles. The molecule has 1 rings (SSSR count). The number of carbonyl (C=O) groups is 2. The van der Waals surface area contributed by atoms with Gasteiger partial charge in [0.1, 0.15) is 6.42 Å². The first-order chi connectivity index (χ1) is 6.74. The van der Waals surface area contributed by atoms with E-state index in [-0.39, 0.29) is 41.8 Å². The van der Waals surface area contributed by atoms with Crippen molar-refractivity contribution >= 4 is 41.3 Å². The zero-order valence-electron chi connectivity index (χ0n) is 8.03. The van der Waals surface area contributed by atoms with Crippen LogP contribution in [0.1, 0.15) is 23.7 Å². The van der Waals surface area contributed by atoms with Gasteiger partial charge >= 0.3 is 35.5 Å². The molecule has 1 aromatic rings. The minimum atomic E-state index is -0.471. The number of rotatable bonds is 4. The van der Waals surface area contributed by atoms with Crippen LogP contribution < -0.4 is 0 Å². The monoisotopic (exact) mass is 216 g/mol. The predicted molar refractivity (Wildman–Crippen MR) is 59.2 cm³/mol. The van der Waals surface area contributed by atoms with Crippen LogP contribution in [0.3, 0.4) is 0 Å². The summed E-state index contributed by atoms with van der Waals surface area (Å²) in [6, 6.07) is 8.71. The maximum absolute atomic E-state index is 11.4. The molecule has 0 aliphatic carbocycles. The number of hydrogen-bond donors (Lipinski definition) is 0. The average molecular weight is 216 g/mol. The molecule has 0 radical (unpaired) electrons. The molecule has 0 heterocycles. The van der Waals surface area contributed by atoms with Crippen molar-refractivity contribution in [1.29, 1.82) is 0 Å². The number of Topliss-reactive ketones (excluding diaryl/α,β-unsaturated/α-hetero) is 1. The molecule has 76 valence electrons. The SMILES string of the molecule is CCOC(=O)CC(=O)c1ccccc1.[NaH]. The van der Waals surface area contributed by atoms with E-state index in [1.165, 1.54) is 0 Å². The summed E-state index contributed by atoms with van der Waals surface area (Å²) in [6.45, 7) is 2.02. The van der Waals surface area contributed by atoms with Crippen molar-refractivity contribution in [3.63, 3.8) is 0 Å². The van der Waals surface area contributed by atoms with Crippen molar-refractivity contribution in [2.75, 3.05) is 6.61 Å². The van der Waals surface area contributed by atoms with Crippen LogP contribution in [-0.4, -0.2) is 47.9 Å². The fourth-order valence-corrected chi connectivity index (χ4v) is 1.07. The van der Waals surface area contributed by atoms with E-state index in [2.05, 4.69) is 4.74 Å². The summed E-state index contributed by atoms with van der Waals surface area (Å²) in [6.07, 6.45) is -0.183. The van der Waals surface area contributed by atoms with Gasteiger partial charge in [-0.15, -0.1) is 0 Å². The molecule has 0 amide bonds. The average Bonchev–Trinajstić information content (AvgIpc) is 2.19. The van der Waals surface area contributed by atoms with Crippen LogP contribution in [0.2, 0.25) is 0 Å². The van der Waals surface area contributed by atoms with Gasteiger partial charge in [-0.2, -0.15) is 0 Å². The van der Waals surface area contributed by atoms with Crippen molar-refractivity contribution in [3.8, 4) is 0 Å². The van der Waals surface area contributed by atoms with Crippen molar-refractivity contribution in [3.05, 3.63) is 35.9 Å². The molecule has 0 unspecified atom stereocenters. The third kappa shape index (κ3) is 5.11. The van der Waals surface area contributed by atoms with Crippen molar-refractivity contribution < 1.29 is 14.3 Å². The molecule has 0 spiro atoms. The van der Waals surface area contributed by atoms with Gasteiger partial charge in [0.05, 0.1) is 6.61 Å². The van der Waals surface area contributed by atoms with Crippen LogP contribution in [-0.2, 0) is 9.53 Å². The van der Waals surface area contributed by atoms with Crippen LogP contribution in [0.25, 0.3) is 0 Å². The number of carbonyl (C=O) groups excluding carboxylic acids is 2. The molecule has 0 aliphatic rings. The van der Waals surface area contributed by atoms with Gasteiger partial charge in [-0.05, 0) is 6.92 Å². The summed E-state index contributed by atoms with van der Waals surface area (Å²) >= 11 is 0. The number of ether oxygens (including phenoxy) is 1. The van der Waals surface area contributed by atoms with Gasteiger partial charge in [-0.3, -0.25) is 9.59 Å². The molecule has 0 bridgehead atoms. The van der Waals surface area contributed by atoms with E-state index in [9.17, 15) is 9.59 Å². The fourth-order valence-electron chi connectivity index (χ4n) is 1.07. The van der Waals surface area contributed by atoms with Crippen LogP contribution in [0.4, 0.5) is 0 Å². The molecular formula is C11H13NaO3. The quantitative estimate of drug-likeness (QED) is 0.328. The van der Waals surface area contributed by atoms with Crippen LogP contribution >= 0.6 is 0 Å². The first-order valence-electron chi connectivity index (χ1n) is 4.48. The summed E-state index contributed by atoms with van der Waals surface area (Å²) in [7, 11) is 0. The molecule has 0 atom stereocenters. The summed E-state index contributed by atoms with van der Waals surface area (Å²) in [5.41, 5.74) is 0.542. The standard InChI is InChI=1S/C11H12O3.Na.H/c1-2-14-11(13)8-10(12)9-6-4-3-5-7-9;;/h3-7H,2,8H2,1H3;;. The summed E-state index contributed by atoms with van der Waals surface area (Å²) in [5.74, 6) is -0.676. The Hall–Kier alpha value is -0.640. The second kappa shape index (κ2) is 7.63. The number of hydrogen-bond acceptors (Lipinski definition) is 3. The molecule has 15 heavy (non-hydrogen) atoms. The van der Waals surface area contributed by atoms with Gasteiger partial charge in [0, 0.05) is 5.56 Å². The van der Waals surface area contributed by atoms with Crippen molar-refractivity contribution in [1.82, 2.24) is 0 Å². The number of benzene rings is 1. The van der Waals surface area contributed by atoms with Gasteiger partial charge in [-0.25, -0.2) is 0 Å². The Balaban J connectivity index is 0.00000196. The molecule has 4 heteroatoms. The molecule has 0 saturated carbocycles. The normalized spacial score (nSPS) is 8.87. The number of esters is 1. The van der Waals surface area contributed by atoms with E-state index in [1.807, 2.05) is 6.07 Å². The first kappa shape index (κ1) is 14.4. The van der Waals surface area contributed by atoms with E-state index in [0.717, 1.165) is 0 Å². The fraction of sp³-hybridized carbons (Fsp3) is 0.273. The van der Waals surface area contributed by atoms with Crippen LogP contribution in [0, 0.1) is 0 Å². The Labute approximate surface area is 111 Å². The minimum absolute atomic E-state index is 0. The van der Waals surface area contributed by atoms with E-state index in [1.54, 1.807) is 31.2 Å². The van der Waals surface area contributed by atoms with Gasteiger partial charge < -0.3 is 4.74 Å². The summed E-state index contributed by atoms with van der Waals surface area (Å²) in [4.78, 5) is 22.4. The van der Waals surface area contributed by atoms with Gasteiger partial charge in [-0.1, -0.05) is 30.3 Å². The summed E-state index contributed by atoms with van der Waals surface area (Å²) in [5, 5.41) is 0. The first-order valence-corrected chi connectivity index (χ1v) is 4.48. The molecular weight excluding hydrogens is 203 g/mol. The molecule has 0 aliphatic heterocycles. The van der Waals surface area contributed by atoms with Crippen LogP contribution in [0.5, 0.6) is 0 Å². The van der Waals surface area contributed by atoms with E-state index in [4.69, 9.17) is 0 Å². The van der Waals surface area contributed by atoms with Crippen LogP contribution in [0.15, 0.2) is 30.3 Å². The second-order valence-corrected chi connectivity index (χ2v) is 2.77. The van der Waals surface area contributed by atoms with Crippen molar-refractivity contribution in [2.24, 2.45) is 0 Å². The van der Waals surface area contributed by atoms with Gasteiger partial charge in [0.25, 0.3) is 0 Å². The molecule has 3 nitrogen and oxygen atoms in total. The second-order valence-electron chi connectivity index (χ2n) is 2.77. The Morgan fingerprint density at radius 1 is 1.20 bits per heavy atom. The Kier molecular flexibility index (Phi) is 7.30. The third-order valence-corrected chi connectivity index (χ3v) is 1.71. The van der Waals surface area contributed by atoms with E-state index >= 15 is 0 Å². The maximum atomic E-state index is 11.4. The zero-order valence-corrected chi connectivity index (χ0v) is 8.03. The molecule has 0 N–H and O–H groups in total. The van der Waals surface area contributed by atoms with Gasteiger partial charge in [0.15, 0.2) is 5.78 Å². The molecule has 0 fully saturated rings. The number of ketones is 1. The molecule has 0 saturated heterocycles. The van der Waals surface area contributed by atoms with Crippen molar-refractivity contribution in [2.45, 2.75) is 13.3 Å². The summed E-state index contributed by atoms with van der Waals surface area (Å²) < 4.78 is 4.67. The Bertz CT molecular complexity index is 322.